The quantitative estimate of drug-likeness (QED) is 0.814. The third kappa shape index (κ3) is 1.95. The number of rotatable bonds is 4. The van der Waals surface area contributed by atoms with Gasteiger partial charge in [-0.1, -0.05) is 10.3 Å². The Kier molecular flexibility index (Phi) is 2.97. The van der Waals surface area contributed by atoms with Crippen molar-refractivity contribution < 1.29 is 13.8 Å². The Hall–Kier alpha value is -1.73. The van der Waals surface area contributed by atoms with Crippen LogP contribution in [-0.4, -0.2) is 29.0 Å². The molecule has 86 valence electrons. The van der Waals surface area contributed by atoms with Gasteiger partial charge in [-0.25, -0.2) is 0 Å². The number of nitrogens with two attached hydrogens (primary N) is 1. The van der Waals surface area contributed by atoms with Crippen LogP contribution in [0.4, 0.5) is 0 Å². The van der Waals surface area contributed by atoms with Crippen molar-refractivity contribution in [3.05, 3.63) is 17.8 Å². The van der Waals surface area contributed by atoms with Gasteiger partial charge in [-0.2, -0.15) is 4.98 Å². The molecule has 7 nitrogen and oxygen atoms in total. The van der Waals surface area contributed by atoms with Gasteiger partial charge in [-0.3, -0.25) is 0 Å². The van der Waals surface area contributed by atoms with Crippen LogP contribution < -0.4 is 5.73 Å². The van der Waals surface area contributed by atoms with Gasteiger partial charge in [0.15, 0.2) is 5.82 Å². The van der Waals surface area contributed by atoms with E-state index in [1.54, 1.807) is 14.0 Å². The molecule has 0 saturated heterocycles. The second-order valence-electron chi connectivity index (χ2n) is 3.32. The number of methoxy groups -OCH3 is 1. The number of aryl methyl sites for hydroxylation is 1. The summed E-state index contributed by atoms with van der Waals surface area (Å²) in [5.74, 6) is 1.37. The van der Waals surface area contributed by atoms with Crippen LogP contribution in [0, 0.1) is 6.92 Å². The predicted molar refractivity (Wildman–Crippen MR) is 53.3 cm³/mol. The average Bonchev–Trinajstić information content (AvgIpc) is 2.86. The molecular formula is C9H12N4O3. The van der Waals surface area contributed by atoms with E-state index in [0.29, 0.717) is 29.6 Å². The molecule has 16 heavy (non-hydrogen) atoms. The van der Waals surface area contributed by atoms with Crippen molar-refractivity contribution in [2.75, 3.05) is 13.7 Å². The molecule has 0 saturated carbocycles. The summed E-state index contributed by atoms with van der Waals surface area (Å²) < 4.78 is 14.9. The van der Waals surface area contributed by atoms with E-state index in [4.69, 9.17) is 19.5 Å². The SMILES string of the molecule is COCC(N)c1noc(-c2cnoc2C)n1. The van der Waals surface area contributed by atoms with Crippen molar-refractivity contribution in [2.24, 2.45) is 5.73 Å². The molecule has 0 aliphatic carbocycles. The highest BCUT2D eigenvalue weighted by atomic mass is 16.5. The van der Waals surface area contributed by atoms with Crippen LogP contribution in [0.3, 0.4) is 0 Å². The van der Waals surface area contributed by atoms with Crippen LogP contribution >= 0.6 is 0 Å². The van der Waals surface area contributed by atoms with Crippen molar-refractivity contribution in [2.45, 2.75) is 13.0 Å². The van der Waals surface area contributed by atoms with Crippen LogP contribution in [0.15, 0.2) is 15.2 Å². The topological polar surface area (TPSA) is 100 Å². The summed E-state index contributed by atoms with van der Waals surface area (Å²) in [6, 6.07) is -0.400. The largest absolute Gasteiger partial charge is 0.383 e. The summed E-state index contributed by atoms with van der Waals surface area (Å²) >= 11 is 0. The summed E-state index contributed by atoms with van der Waals surface area (Å²) in [7, 11) is 1.56. The molecule has 2 rings (SSSR count). The lowest BCUT2D eigenvalue weighted by atomic mass is 10.3. The lowest BCUT2D eigenvalue weighted by Crippen LogP contribution is -2.17. The molecule has 0 spiro atoms. The van der Waals surface area contributed by atoms with E-state index >= 15 is 0 Å². The van der Waals surface area contributed by atoms with Crippen molar-refractivity contribution >= 4 is 0 Å². The Bertz CT molecular complexity index is 465. The number of hydrogen-bond acceptors (Lipinski definition) is 7. The Morgan fingerprint density at radius 3 is 2.94 bits per heavy atom. The zero-order valence-electron chi connectivity index (χ0n) is 9.01. The van der Waals surface area contributed by atoms with Crippen molar-refractivity contribution in [3.63, 3.8) is 0 Å². The Morgan fingerprint density at radius 1 is 1.50 bits per heavy atom. The van der Waals surface area contributed by atoms with Crippen LogP contribution in [0.1, 0.15) is 17.6 Å². The molecule has 2 heterocycles. The van der Waals surface area contributed by atoms with E-state index < -0.39 is 6.04 Å². The highest BCUT2D eigenvalue weighted by Gasteiger charge is 2.17. The highest BCUT2D eigenvalue weighted by molar-refractivity contribution is 5.53. The van der Waals surface area contributed by atoms with Crippen molar-refractivity contribution in [3.8, 4) is 11.5 Å². The monoisotopic (exact) mass is 224 g/mol. The summed E-state index contributed by atoms with van der Waals surface area (Å²) in [5, 5.41) is 7.40. The highest BCUT2D eigenvalue weighted by Crippen LogP contribution is 2.21. The minimum absolute atomic E-state index is 0.335. The van der Waals surface area contributed by atoms with E-state index in [9.17, 15) is 0 Å². The van der Waals surface area contributed by atoms with Gasteiger partial charge in [0.05, 0.1) is 18.8 Å². The Labute approximate surface area is 91.6 Å². The fourth-order valence-corrected chi connectivity index (χ4v) is 1.25. The number of aromatic nitrogens is 3. The molecule has 0 radical (unpaired) electrons. The molecule has 0 fully saturated rings. The maximum atomic E-state index is 5.76. The second kappa shape index (κ2) is 4.42. The van der Waals surface area contributed by atoms with E-state index in [-0.39, 0.29) is 0 Å². The first-order chi connectivity index (χ1) is 7.72. The van der Waals surface area contributed by atoms with Gasteiger partial charge in [0.2, 0.25) is 0 Å². The van der Waals surface area contributed by atoms with Crippen LogP contribution in [0.25, 0.3) is 11.5 Å². The molecule has 0 amide bonds. The van der Waals surface area contributed by atoms with Crippen LogP contribution in [0.5, 0.6) is 0 Å². The van der Waals surface area contributed by atoms with Crippen molar-refractivity contribution in [1.82, 2.24) is 15.3 Å². The molecule has 0 aliphatic rings. The summed E-state index contributed by atoms with van der Waals surface area (Å²) in [5.41, 5.74) is 6.43. The molecule has 2 aromatic heterocycles. The summed E-state index contributed by atoms with van der Waals surface area (Å²) in [4.78, 5) is 4.15. The fraction of sp³-hybridized carbons (Fsp3) is 0.444. The average molecular weight is 224 g/mol. The van der Waals surface area contributed by atoms with E-state index in [2.05, 4.69) is 15.3 Å². The lowest BCUT2D eigenvalue weighted by molar-refractivity contribution is 0.177. The first kappa shape index (κ1) is 10.8. The van der Waals surface area contributed by atoms with E-state index in [1.807, 2.05) is 0 Å². The molecule has 0 aromatic carbocycles. The van der Waals surface area contributed by atoms with Gasteiger partial charge < -0.3 is 19.5 Å². The van der Waals surface area contributed by atoms with Gasteiger partial charge in [0, 0.05) is 7.11 Å². The molecule has 0 aliphatic heterocycles. The number of ether oxygens (including phenoxy) is 1. The van der Waals surface area contributed by atoms with Gasteiger partial charge in [0.1, 0.15) is 11.3 Å². The fourth-order valence-electron chi connectivity index (χ4n) is 1.25. The molecule has 1 atom stereocenters. The van der Waals surface area contributed by atoms with Gasteiger partial charge in [0.25, 0.3) is 5.89 Å². The normalized spacial score (nSPS) is 12.9. The zero-order valence-corrected chi connectivity index (χ0v) is 9.01. The third-order valence-corrected chi connectivity index (χ3v) is 2.10. The number of hydrogen-bond donors (Lipinski definition) is 1. The molecule has 2 aromatic rings. The maximum absolute atomic E-state index is 5.76. The molecule has 1 unspecified atom stereocenters. The lowest BCUT2D eigenvalue weighted by Gasteiger charge is -2.02. The summed E-state index contributed by atoms with van der Waals surface area (Å²) in [6.45, 7) is 2.10. The second-order valence-corrected chi connectivity index (χ2v) is 3.32. The Morgan fingerprint density at radius 2 is 2.31 bits per heavy atom. The molecule has 2 N–H and O–H groups in total. The van der Waals surface area contributed by atoms with E-state index in [0.717, 1.165) is 0 Å². The molecular weight excluding hydrogens is 212 g/mol. The van der Waals surface area contributed by atoms with Crippen molar-refractivity contribution in [1.29, 1.82) is 0 Å². The summed E-state index contributed by atoms with van der Waals surface area (Å²) in [6.07, 6.45) is 1.52. The van der Waals surface area contributed by atoms with Crippen LogP contribution in [0.2, 0.25) is 0 Å². The number of nitrogens with zero attached hydrogens (tertiary/aromatic N) is 3. The minimum Gasteiger partial charge on any atom is -0.383 e. The molecule has 0 bridgehead atoms. The van der Waals surface area contributed by atoms with Gasteiger partial charge >= 0.3 is 0 Å². The Balaban J connectivity index is 2.23. The molecule has 7 heteroatoms. The first-order valence-corrected chi connectivity index (χ1v) is 4.72. The smallest absolute Gasteiger partial charge is 0.263 e. The zero-order chi connectivity index (χ0) is 11.5. The van der Waals surface area contributed by atoms with Crippen LogP contribution in [-0.2, 0) is 4.74 Å². The maximum Gasteiger partial charge on any atom is 0.263 e. The minimum atomic E-state index is -0.400. The third-order valence-electron chi connectivity index (χ3n) is 2.10. The predicted octanol–water partition coefficient (Wildman–Crippen LogP) is 0.679. The van der Waals surface area contributed by atoms with Gasteiger partial charge in [-0.05, 0) is 6.92 Å². The van der Waals surface area contributed by atoms with Gasteiger partial charge in [-0.15, -0.1) is 0 Å². The first-order valence-electron chi connectivity index (χ1n) is 4.72. The van der Waals surface area contributed by atoms with E-state index in [1.165, 1.54) is 6.20 Å². The standard InChI is InChI=1S/C9H12N4O3/c1-5-6(3-11-15-5)9-12-8(13-16-9)7(10)4-14-2/h3,7H,4,10H2,1-2H3.